The van der Waals surface area contributed by atoms with E-state index in [1.165, 1.54) is 0 Å². The number of hydrogen-bond donors (Lipinski definition) is 1. The Bertz CT molecular complexity index is 947. The molecule has 0 aliphatic heterocycles. The van der Waals surface area contributed by atoms with Gasteiger partial charge in [-0.15, -0.1) is 0 Å². The van der Waals surface area contributed by atoms with Crippen molar-refractivity contribution in [3.05, 3.63) is 58.6 Å². The summed E-state index contributed by atoms with van der Waals surface area (Å²) in [6.07, 6.45) is 3.79. The van der Waals surface area contributed by atoms with Crippen LogP contribution in [0.3, 0.4) is 0 Å². The van der Waals surface area contributed by atoms with E-state index in [0.717, 1.165) is 32.3 Å². The van der Waals surface area contributed by atoms with Crippen molar-refractivity contribution in [3.63, 3.8) is 0 Å². The van der Waals surface area contributed by atoms with Gasteiger partial charge in [-0.2, -0.15) is 0 Å². The zero-order valence-corrected chi connectivity index (χ0v) is 15.7. The molecule has 0 unspecified atom stereocenters. The maximum Gasteiger partial charge on any atom is 0.168 e. The number of hydrogen-bond acceptors (Lipinski definition) is 3. The largest absolute Gasteiger partial charge is 0.356 e. The molecule has 24 heavy (non-hydrogen) atoms. The Morgan fingerprint density at radius 2 is 2.00 bits per heavy atom. The lowest BCUT2D eigenvalue weighted by Crippen LogP contribution is -2.29. The Balaban J connectivity index is 2.09. The first-order valence-electron chi connectivity index (χ1n) is 7.38. The minimum atomic E-state index is -1.44. The van der Waals surface area contributed by atoms with Gasteiger partial charge in [-0.25, -0.2) is 4.21 Å². The van der Waals surface area contributed by atoms with E-state index in [9.17, 15) is 4.21 Å². The molecular weight excluding hydrogens is 388 g/mol. The van der Waals surface area contributed by atoms with Gasteiger partial charge in [0.1, 0.15) is 5.69 Å². The van der Waals surface area contributed by atoms with Crippen LogP contribution in [0.2, 0.25) is 0 Å². The lowest BCUT2D eigenvalue weighted by atomic mass is 10.0. The van der Waals surface area contributed by atoms with Gasteiger partial charge in [-0.1, -0.05) is 57.5 Å². The number of halogens is 1. The molecule has 2 N–H and O–H groups in total. The zero-order chi connectivity index (χ0) is 17.3. The molecule has 2 aromatic carbocycles. The van der Waals surface area contributed by atoms with Gasteiger partial charge in [0.25, 0.3) is 0 Å². The second-order valence-electron chi connectivity index (χ2n) is 5.99. The van der Waals surface area contributed by atoms with Gasteiger partial charge in [0.2, 0.25) is 0 Å². The number of rotatable bonds is 4. The van der Waals surface area contributed by atoms with Gasteiger partial charge in [-0.3, -0.25) is 5.14 Å². The Morgan fingerprint density at radius 1 is 1.25 bits per heavy atom. The van der Waals surface area contributed by atoms with Gasteiger partial charge in [0.15, 0.2) is 5.58 Å². The van der Waals surface area contributed by atoms with Crippen molar-refractivity contribution >= 4 is 44.0 Å². The van der Waals surface area contributed by atoms with Crippen molar-refractivity contribution in [2.45, 2.75) is 18.6 Å². The van der Waals surface area contributed by atoms with Gasteiger partial charge in [-0.05, 0) is 37.6 Å². The molecule has 0 radical (unpaired) electrons. The van der Waals surface area contributed by atoms with Crippen LogP contribution in [-0.2, 0) is 11.0 Å². The van der Waals surface area contributed by atoms with E-state index >= 15 is 0 Å². The van der Waals surface area contributed by atoms with Gasteiger partial charge >= 0.3 is 0 Å². The Morgan fingerprint density at radius 3 is 2.75 bits per heavy atom. The summed E-state index contributed by atoms with van der Waals surface area (Å²) in [6, 6.07) is 13.7. The molecule has 0 aliphatic rings. The van der Waals surface area contributed by atoms with E-state index in [0.29, 0.717) is 0 Å². The highest BCUT2D eigenvalue weighted by atomic mass is 79.9. The standard InChI is InChI=1S/C18H17BrN2O2S/c1-18(2,24(20)22)10-9-12-5-3-4-6-14(12)17-15-8-7-13(19)11-16(15)23-21-17/h3-11H,20H2,1-2H3/t24-/m0/s1. The Hall–Kier alpha value is -1.76. The molecular formula is C18H17BrN2O2S. The molecule has 1 aromatic heterocycles. The summed E-state index contributed by atoms with van der Waals surface area (Å²) in [7, 11) is -1.44. The van der Waals surface area contributed by atoms with E-state index in [4.69, 9.17) is 9.66 Å². The van der Waals surface area contributed by atoms with Crippen LogP contribution in [0.25, 0.3) is 28.3 Å². The van der Waals surface area contributed by atoms with Crippen molar-refractivity contribution in [2.24, 2.45) is 5.14 Å². The highest BCUT2D eigenvalue weighted by Gasteiger charge is 2.20. The van der Waals surface area contributed by atoms with Crippen LogP contribution in [-0.4, -0.2) is 14.1 Å². The van der Waals surface area contributed by atoms with Crippen molar-refractivity contribution < 1.29 is 8.73 Å². The average molecular weight is 405 g/mol. The summed E-state index contributed by atoms with van der Waals surface area (Å²) in [6.45, 7) is 3.68. The van der Waals surface area contributed by atoms with Gasteiger partial charge < -0.3 is 4.52 Å². The van der Waals surface area contributed by atoms with Crippen LogP contribution in [0.4, 0.5) is 0 Å². The molecule has 0 saturated heterocycles. The maximum atomic E-state index is 11.6. The average Bonchev–Trinajstić information content (AvgIpc) is 2.96. The number of aromatic nitrogens is 1. The van der Waals surface area contributed by atoms with E-state index in [1.54, 1.807) is 0 Å². The lowest BCUT2D eigenvalue weighted by Gasteiger charge is -2.15. The summed E-state index contributed by atoms with van der Waals surface area (Å²) in [5.74, 6) is 0. The summed E-state index contributed by atoms with van der Waals surface area (Å²) in [5.41, 5.74) is 3.42. The van der Waals surface area contributed by atoms with Crippen LogP contribution in [0.5, 0.6) is 0 Å². The van der Waals surface area contributed by atoms with E-state index in [2.05, 4.69) is 21.1 Å². The molecule has 3 aromatic rings. The third-order valence-corrected chi connectivity index (χ3v) is 5.50. The fourth-order valence-electron chi connectivity index (χ4n) is 2.32. The fraction of sp³-hybridized carbons (Fsp3) is 0.167. The number of fused-ring (bicyclic) bond motifs is 1. The molecule has 4 nitrogen and oxygen atoms in total. The van der Waals surface area contributed by atoms with Crippen molar-refractivity contribution in [3.8, 4) is 11.3 Å². The minimum Gasteiger partial charge on any atom is -0.356 e. The van der Waals surface area contributed by atoms with Crippen LogP contribution in [0.1, 0.15) is 19.4 Å². The van der Waals surface area contributed by atoms with Crippen LogP contribution >= 0.6 is 15.9 Å². The number of benzene rings is 2. The molecule has 0 spiro atoms. The van der Waals surface area contributed by atoms with Crippen LogP contribution < -0.4 is 5.14 Å². The molecule has 0 fully saturated rings. The van der Waals surface area contributed by atoms with Gasteiger partial charge in [0.05, 0.1) is 15.7 Å². The molecule has 0 saturated carbocycles. The van der Waals surface area contributed by atoms with Crippen LogP contribution in [0, 0.1) is 0 Å². The first-order valence-corrected chi connectivity index (χ1v) is 9.39. The molecule has 0 amide bonds. The SMILES string of the molecule is CC(C)(C=Cc1ccccc1-c1noc2cc(Br)ccc12)[S@@](N)=O. The van der Waals surface area contributed by atoms with Crippen molar-refractivity contribution in [1.82, 2.24) is 5.16 Å². The quantitative estimate of drug-likeness (QED) is 0.686. The zero-order valence-electron chi connectivity index (χ0n) is 13.3. The monoisotopic (exact) mass is 404 g/mol. The molecule has 1 atom stereocenters. The molecule has 124 valence electrons. The van der Waals surface area contributed by atoms with E-state index in [1.807, 2.05) is 68.5 Å². The highest BCUT2D eigenvalue weighted by molar-refractivity contribution is 9.10. The van der Waals surface area contributed by atoms with Crippen molar-refractivity contribution in [1.29, 1.82) is 0 Å². The molecule has 1 heterocycles. The van der Waals surface area contributed by atoms with Gasteiger partial charge in [0, 0.05) is 15.4 Å². The first kappa shape index (κ1) is 17.1. The molecule has 3 rings (SSSR count). The second-order valence-corrected chi connectivity index (χ2v) is 8.56. The molecule has 6 heteroatoms. The third kappa shape index (κ3) is 3.36. The smallest absolute Gasteiger partial charge is 0.168 e. The fourth-order valence-corrected chi connectivity index (χ4v) is 2.86. The van der Waals surface area contributed by atoms with E-state index in [-0.39, 0.29) is 0 Å². The predicted octanol–water partition coefficient (Wildman–Crippen LogP) is 4.67. The Labute approximate surface area is 151 Å². The predicted molar refractivity (Wildman–Crippen MR) is 103 cm³/mol. The second kappa shape index (κ2) is 6.63. The summed E-state index contributed by atoms with van der Waals surface area (Å²) < 4.78 is 17.4. The topological polar surface area (TPSA) is 69.1 Å². The number of nitrogens with two attached hydrogens (primary N) is 1. The Kier molecular flexibility index (Phi) is 4.71. The summed E-state index contributed by atoms with van der Waals surface area (Å²) in [5, 5.41) is 10.7. The number of nitrogens with zero attached hydrogens (tertiary/aromatic N) is 1. The van der Waals surface area contributed by atoms with E-state index < -0.39 is 15.7 Å². The summed E-state index contributed by atoms with van der Waals surface area (Å²) in [4.78, 5) is 0. The van der Waals surface area contributed by atoms with Crippen LogP contribution in [0.15, 0.2) is 57.5 Å². The molecule has 0 bridgehead atoms. The first-order chi connectivity index (χ1) is 11.4. The minimum absolute atomic E-state index is 0.607. The summed E-state index contributed by atoms with van der Waals surface area (Å²) >= 11 is 3.43. The molecule has 0 aliphatic carbocycles. The third-order valence-electron chi connectivity index (χ3n) is 3.83. The maximum absolute atomic E-state index is 11.6. The van der Waals surface area contributed by atoms with Crippen molar-refractivity contribution in [2.75, 3.05) is 0 Å². The lowest BCUT2D eigenvalue weighted by molar-refractivity contribution is 0.459. The normalized spacial score (nSPS) is 13.7. The highest BCUT2D eigenvalue weighted by Crippen LogP contribution is 2.32.